The van der Waals surface area contributed by atoms with Crippen LogP contribution in [0, 0.1) is 6.92 Å². The van der Waals surface area contributed by atoms with Gasteiger partial charge in [-0.25, -0.2) is 9.97 Å². The zero-order chi connectivity index (χ0) is 20.5. The van der Waals surface area contributed by atoms with E-state index in [1.165, 1.54) is 22.3 Å². The molecule has 0 spiro atoms. The maximum absolute atomic E-state index is 4.85. The molecule has 0 amide bonds. The van der Waals surface area contributed by atoms with Crippen LogP contribution in [0.15, 0.2) is 47.2 Å². The summed E-state index contributed by atoms with van der Waals surface area (Å²) in [6.45, 7) is 12.4. The maximum atomic E-state index is 4.85. The first-order chi connectivity index (χ1) is 14.0. The highest BCUT2D eigenvalue weighted by Crippen LogP contribution is 2.32. The molecule has 2 aliphatic rings. The smallest absolute Gasteiger partial charge is 0.225 e. The molecule has 2 aromatic rings. The molecule has 5 heteroatoms. The molecule has 2 aliphatic heterocycles. The summed E-state index contributed by atoms with van der Waals surface area (Å²) in [6, 6.07) is 8.69. The van der Waals surface area contributed by atoms with Gasteiger partial charge >= 0.3 is 0 Å². The molecule has 1 saturated heterocycles. The highest BCUT2D eigenvalue weighted by atomic mass is 15.3. The largest absolute Gasteiger partial charge is 0.338 e. The van der Waals surface area contributed by atoms with E-state index >= 15 is 0 Å². The molecular weight excluding hydrogens is 358 g/mol. The van der Waals surface area contributed by atoms with Crippen LogP contribution < -0.4 is 4.90 Å². The van der Waals surface area contributed by atoms with Crippen LogP contribution in [0.5, 0.6) is 0 Å². The average molecular weight is 388 g/mol. The summed E-state index contributed by atoms with van der Waals surface area (Å²) in [7, 11) is 2.16. The lowest BCUT2D eigenvalue weighted by molar-refractivity contribution is 0.311. The normalized spacial score (nSPS) is 18.0. The molecule has 1 fully saturated rings. The van der Waals surface area contributed by atoms with E-state index in [2.05, 4.69) is 79.9 Å². The fourth-order valence-corrected chi connectivity index (χ4v) is 4.19. The summed E-state index contributed by atoms with van der Waals surface area (Å²) in [4.78, 5) is 18.7. The summed E-state index contributed by atoms with van der Waals surface area (Å²) in [6.07, 6.45) is 4.14. The van der Waals surface area contributed by atoms with Crippen molar-refractivity contribution in [3.63, 3.8) is 0 Å². The zero-order valence-electron chi connectivity index (χ0n) is 18.0. The van der Waals surface area contributed by atoms with E-state index in [-0.39, 0.29) is 0 Å². The Morgan fingerprint density at radius 3 is 2.45 bits per heavy atom. The number of rotatable bonds is 4. The number of aryl methyl sites for hydroxylation is 1. The van der Waals surface area contributed by atoms with Gasteiger partial charge in [-0.3, -0.25) is 4.99 Å². The quantitative estimate of drug-likeness (QED) is 0.789. The van der Waals surface area contributed by atoms with Gasteiger partial charge < -0.3 is 9.80 Å². The van der Waals surface area contributed by atoms with E-state index in [0.717, 1.165) is 54.8 Å². The molecule has 5 nitrogen and oxygen atoms in total. The van der Waals surface area contributed by atoms with Crippen molar-refractivity contribution >= 4 is 22.8 Å². The van der Waals surface area contributed by atoms with E-state index in [9.17, 15) is 0 Å². The van der Waals surface area contributed by atoms with Gasteiger partial charge in [0.25, 0.3) is 0 Å². The Bertz CT molecular complexity index is 1020. The molecular formula is C24H29N5. The number of likely N-dealkylation sites (N-methyl/N-ethyl adjacent to an activating group) is 1. The number of aliphatic imine (C=N–C) groups is 1. The van der Waals surface area contributed by atoms with Gasteiger partial charge in [0.05, 0.1) is 5.69 Å². The Labute approximate surface area is 173 Å². The fraction of sp³-hybridized carbons (Fsp3) is 0.375. The second-order valence-electron chi connectivity index (χ2n) is 7.90. The molecule has 0 aliphatic carbocycles. The molecule has 29 heavy (non-hydrogen) atoms. The molecule has 3 heterocycles. The van der Waals surface area contributed by atoms with Crippen molar-refractivity contribution in [2.24, 2.45) is 4.99 Å². The molecule has 0 saturated carbocycles. The predicted molar refractivity (Wildman–Crippen MR) is 121 cm³/mol. The van der Waals surface area contributed by atoms with E-state index in [4.69, 9.17) is 9.97 Å². The summed E-state index contributed by atoms with van der Waals surface area (Å²) in [5.41, 5.74) is 9.16. The summed E-state index contributed by atoms with van der Waals surface area (Å²) >= 11 is 0. The minimum Gasteiger partial charge on any atom is -0.338 e. The second-order valence-corrected chi connectivity index (χ2v) is 7.90. The minimum atomic E-state index is 0.839. The number of nitrogens with zero attached hydrogens (tertiary/aromatic N) is 5. The Hall–Kier alpha value is -2.79. The van der Waals surface area contributed by atoms with Crippen LogP contribution in [0.4, 0.5) is 5.95 Å². The van der Waals surface area contributed by atoms with Crippen molar-refractivity contribution < 1.29 is 0 Å². The third kappa shape index (κ3) is 3.75. The Balaban J connectivity index is 1.63. The number of allylic oxidation sites excluding steroid dienone is 3. The van der Waals surface area contributed by atoms with E-state index in [1.54, 1.807) is 0 Å². The van der Waals surface area contributed by atoms with Crippen LogP contribution >= 0.6 is 0 Å². The van der Waals surface area contributed by atoms with Crippen molar-refractivity contribution in [3.8, 4) is 0 Å². The predicted octanol–water partition coefficient (Wildman–Crippen LogP) is 4.19. The lowest BCUT2D eigenvalue weighted by atomic mass is 9.91. The minimum absolute atomic E-state index is 0.839. The molecule has 0 bridgehead atoms. The number of anilines is 1. The third-order valence-electron chi connectivity index (χ3n) is 5.85. The second kappa shape index (κ2) is 7.91. The SMILES string of the molecule is C/C=C(/c1cccc(C2=C(C)N=C2C)c1)c1cnc(N2CCN(C)CC2)nc1C. The van der Waals surface area contributed by atoms with Crippen molar-refractivity contribution in [2.45, 2.75) is 27.7 Å². The van der Waals surface area contributed by atoms with Gasteiger partial charge in [-0.1, -0.05) is 24.3 Å². The van der Waals surface area contributed by atoms with E-state index in [0.29, 0.717) is 0 Å². The molecule has 0 atom stereocenters. The zero-order valence-corrected chi connectivity index (χ0v) is 18.0. The van der Waals surface area contributed by atoms with Gasteiger partial charge in [0.1, 0.15) is 0 Å². The standard InChI is InChI=1S/C24H29N5/c1-6-21(19-8-7-9-20(14-19)23-17(3)26-18(23)4)22-15-25-24(27-16(22)2)29-12-10-28(5)11-13-29/h6-9,14-15H,10-13H2,1-5H3/b21-6-. The molecule has 1 aromatic heterocycles. The average Bonchev–Trinajstić information content (AvgIpc) is 2.70. The summed E-state index contributed by atoms with van der Waals surface area (Å²) in [5.74, 6) is 0.839. The maximum Gasteiger partial charge on any atom is 0.225 e. The van der Waals surface area contributed by atoms with Gasteiger partial charge in [-0.2, -0.15) is 0 Å². The van der Waals surface area contributed by atoms with Crippen molar-refractivity contribution in [2.75, 3.05) is 38.1 Å². The molecule has 0 radical (unpaired) electrons. The molecule has 150 valence electrons. The number of piperazine rings is 1. The molecule has 0 N–H and O–H groups in total. The lowest BCUT2D eigenvalue weighted by Crippen LogP contribution is -2.45. The topological polar surface area (TPSA) is 44.6 Å². The van der Waals surface area contributed by atoms with Crippen LogP contribution in [0.1, 0.15) is 43.2 Å². The third-order valence-corrected chi connectivity index (χ3v) is 5.85. The number of hydrogen-bond acceptors (Lipinski definition) is 5. The Morgan fingerprint density at radius 1 is 1.07 bits per heavy atom. The molecule has 0 unspecified atom stereocenters. The Kier molecular flexibility index (Phi) is 5.33. The first-order valence-corrected chi connectivity index (χ1v) is 10.3. The highest BCUT2D eigenvalue weighted by molar-refractivity contribution is 6.28. The van der Waals surface area contributed by atoms with Gasteiger partial charge in [-0.05, 0) is 57.5 Å². The van der Waals surface area contributed by atoms with Crippen LogP contribution in [0.25, 0.3) is 11.1 Å². The monoisotopic (exact) mass is 387 g/mol. The number of hydrogen-bond donors (Lipinski definition) is 0. The van der Waals surface area contributed by atoms with Crippen LogP contribution in [0.2, 0.25) is 0 Å². The first-order valence-electron chi connectivity index (χ1n) is 10.3. The van der Waals surface area contributed by atoms with E-state index < -0.39 is 0 Å². The van der Waals surface area contributed by atoms with Crippen LogP contribution in [-0.4, -0.2) is 53.8 Å². The molecule has 4 rings (SSSR count). The van der Waals surface area contributed by atoms with Gasteiger partial charge in [0, 0.05) is 54.9 Å². The highest BCUT2D eigenvalue weighted by Gasteiger charge is 2.20. The number of aromatic nitrogens is 2. The fourth-order valence-electron chi connectivity index (χ4n) is 4.19. The lowest BCUT2D eigenvalue weighted by Gasteiger charge is -2.32. The van der Waals surface area contributed by atoms with Crippen LogP contribution in [-0.2, 0) is 0 Å². The number of benzene rings is 1. The first kappa shape index (κ1) is 19.5. The van der Waals surface area contributed by atoms with Crippen molar-refractivity contribution in [1.29, 1.82) is 0 Å². The van der Waals surface area contributed by atoms with Gasteiger partial charge in [0.2, 0.25) is 5.95 Å². The van der Waals surface area contributed by atoms with Crippen molar-refractivity contribution in [3.05, 3.63) is 64.6 Å². The summed E-state index contributed by atoms with van der Waals surface area (Å²) < 4.78 is 0. The van der Waals surface area contributed by atoms with Gasteiger partial charge in [0.15, 0.2) is 0 Å². The van der Waals surface area contributed by atoms with Crippen molar-refractivity contribution in [1.82, 2.24) is 14.9 Å². The van der Waals surface area contributed by atoms with E-state index in [1.807, 2.05) is 6.20 Å². The van der Waals surface area contributed by atoms with Gasteiger partial charge in [-0.15, -0.1) is 0 Å². The Morgan fingerprint density at radius 2 is 1.83 bits per heavy atom. The summed E-state index contributed by atoms with van der Waals surface area (Å²) in [5, 5.41) is 0. The van der Waals surface area contributed by atoms with Crippen LogP contribution in [0.3, 0.4) is 0 Å². The molecule has 1 aromatic carbocycles.